The van der Waals surface area contributed by atoms with Crippen molar-refractivity contribution >= 4 is 33.1 Å². The number of benzene rings is 1. The second-order valence-electron chi connectivity index (χ2n) is 7.08. The molecule has 6 heteroatoms. The van der Waals surface area contributed by atoms with E-state index >= 15 is 0 Å². The molecule has 28 heavy (non-hydrogen) atoms. The van der Waals surface area contributed by atoms with Crippen molar-refractivity contribution in [2.24, 2.45) is 0 Å². The van der Waals surface area contributed by atoms with Crippen LogP contribution in [0.15, 0.2) is 35.1 Å². The van der Waals surface area contributed by atoms with E-state index in [9.17, 15) is 4.79 Å². The first kappa shape index (κ1) is 18.9. The number of nitrogens with one attached hydrogen (secondary N) is 1. The molecule has 0 spiro atoms. The molecule has 0 unspecified atom stereocenters. The number of pyridine rings is 1. The number of nitrogens with zero attached hydrogens (tertiary/aromatic N) is 3. The molecular weight excluding hydrogens is 368 g/mol. The van der Waals surface area contributed by atoms with E-state index in [1.54, 1.807) is 0 Å². The maximum atomic E-state index is 12.9. The van der Waals surface area contributed by atoms with Gasteiger partial charge in [0.1, 0.15) is 5.52 Å². The van der Waals surface area contributed by atoms with E-state index in [1.807, 2.05) is 29.8 Å². The largest absolute Gasteiger partial charge is 0.308 e. The van der Waals surface area contributed by atoms with Crippen LogP contribution < -0.4 is 5.56 Å². The zero-order valence-corrected chi connectivity index (χ0v) is 17.7. The van der Waals surface area contributed by atoms with Crippen molar-refractivity contribution in [3.05, 3.63) is 51.3 Å². The third-order valence-corrected chi connectivity index (χ3v) is 6.60. The van der Waals surface area contributed by atoms with Gasteiger partial charge in [0, 0.05) is 33.9 Å². The molecule has 0 saturated carbocycles. The molecule has 0 fully saturated rings. The van der Waals surface area contributed by atoms with Gasteiger partial charge in [-0.15, -0.1) is 11.3 Å². The SMILES string of the molecule is CCN(CC)Cc1ccc(-c2ccc3c(c2)c2n[nH]c(C)c2c(=O)n3CC)s1. The number of fused-ring (bicyclic) bond motifs is 3. The minimum Gasteiger partial charge on any atom is -0.308 e. The predicted molar refractivity (Wildman–Crippen MR) is 118 cm³/mol. The molecule has 0 aliphatic heterocycles. The van der Waals surface area contributed by atoms with Crippen molar-refractivity contribution < 1.29 is 0 Å². The zero-order chi connectivity index (χ0) is 19.8. The second kappa shape index (κ2) is 7.53. The summed E-state index contributed by atoms with van der Waals surface area (Å²) in [6.45, 7) is 12.1. The zero-order valence-electron chi connectivity index (χ0n) is 16.9. The van der Waals surface area contributed by atoms with Crippen molar-refractivity contribution in [2.45, 2.75) is 40.8 Å². The number of rotatable bonds is 6. The van der Waals surface area contributed by atoms with Crippen LogP contribution in [0.4, 0.5) is 0 Å². The molecule has 0 radical (unpaired) electrons. The molecule has 0 atom stereocenters. The average molecular weight is 395 g/mol. The Labute approximate surface area is 168 Å². The smallest absolute Gasteiger partial charge is 0.262 e. The van der Waals surface area contributed by atoms with E-state index in [-0.39, 0.29) is 5.56 Å². The molecule has 0 aliphatic rings. The standard InChI is InChI=1S/C22H26N4OS/c1-5-25(6-2)13-16-9-11-19(28-16)15-8-10-18-17(12-15)21-20(14(4)23-24-21)22(27)26(18)7-3/h8-12H,5-7,13H2,1-4H3,(H,23,24). The Bertz CT molecular complexity index is 1200. The first-order valence-electron chi connectivity index (χ1n) is 9.90. The summed E-state index contributed by atoms with van der Waals surface area (Å²) in [5.41, 5.74) is 3.74. The van der Waals surface area contributed by atoms with Crippen molar-refractivity contribution in [3.8, 4) is 10.4 Å². The van der Waals surface area contributed by atoms with Crippen LogP contribution >= 0.6 is 11.3 Å². The van der Waals surface area contributed by atoms with Gasteiger partial charge in [0.05, 0.1) is 10.9 Å². The summed E-state index contributed by atoms with van der Waals surface area (Å²) in [6, 6.07) is 10.8. The Kier molecular flexibility index (Phi) is 5.08. The fraction of sp³-hybridized carbons (Fsp3) is 0.364. The Morgan fingerprint density at radius 1 is 1.14 bits per heavy atom. The van der Waals surface area contributed by atoms with Gasteiger partial charge in [0.2, 0.25) is 0 Å². The fourth-order valence-corrected chi connectivity index (χ4v) is 4.89. The van der Waals surface area contributed by atoms with Crippen molar-refractivity contribution in [2.75, 3.05) is 13.1 Å². The van der Waals surface area contributed by atoms with Gasteiger partial charge in [-0.05, 0) is 56.8 Å². The monoisotopic (exact) mass is 394 g/mol. The summed E-state index contributed by atoms with van der Waals surface area (Å²) in [7, 11) is 0. The van der Waals surface area contributed by atoms with Crippen LogP contribution in [-0.4, -0.2) is 32.8 Å². The minimum absolute atomic E-state index is 0.0293. The molecule has 1 aromatic carbocycles. The van der Waals surface area contributed by atoms with Crippen LogP contribution in [-0.2, 0) is 13.1 Å². The summed E-state index contributed by atoms with van der Waals surface area (Å²) in [5, 5.41) is 9.15. The molecule has 3 aromatic heterocycles. The van der Waals surface area contributed by atoms with Crippen LogP contribution in [0.1, 0.15) is 31.3 Å². The van der Waals surface area contributed by atoms with Gasteiger partial charge in [-0.2, -0.15) is 5.10 Å². The third kappa shape index (κ3) is 3.06. The third-order valence-electron chi connectivity index (χ3n) is 5.48. The summed E-state index contributed by atoms with van der Waals surface area (Å²) >= 11 is 1.84. The van der Waals surface area contributed by atoms with Crippen LogP contribution in [0.25, 0.3) is 32.2 Å². The number of H-pyrrole nitrogens is 1. The lowest BCUT2D eigenvalue weighted by Crippen LogP contribution is -2.21. The predicted octanol–water partition coefficient (Wildman–Crippen LogP) is 4.78. The first-order valence-corrected chi connectivity index (χ1v) is 10.7. The summed E-state index contributed by atoms with van der Waals surface area (Å²) in [4.78, 5) is 17.9. The molecule has 0 bridgehead atoms. The molecule has 4 rings (SSSR count). The van der Waals surface area contributed by atoms with E-state index in [0.717, 1.165) is 41.7 Å². The molecule has 5 nitrogen and oxygen atoms in total. The fourth-order valence-electron chi connectivity index (χ4n) is 3.84. The van der Waals surface area contributed by atoms with Gasteiger partial charge < -0.3 is 4.57 Å². The van der Waals surface area contributed by atoms with Gasteiger partial charge in [0.25, 0.3) is 5.56 Å². The van der Waals surface area contributed by atoms with Crippen molar-refractivity contribution in [3.63, 3.8) is 0 Å². The normalized spacial score (nSPS) is 11.9. The summed E-state index contributed by atoms with van der Waals surface area (Å²) in [5.74, 6) is 0. The Morgan fingerprint density at radius 2 is 1.93 bits per heavy atom. The highest BCUT2D eigenvalue weighted by Gasteiger charge is 2.16. The van der Waals surface area contributed by atoms with E-state index in [0.29, 0.717) is 11.9 Å². The molecule has 1 N–H and O–H groups in total. The summed E-state index contributed by atoms with van der Waals surface area (Å²) < 4.78 is 1.84. The van der Waals surface area contributed by atoms with E-state index in [1.165, 1.54) is 15.3 Å². The van der Waals surface area contributed by atoms with E-state index in [4.69, 9.17) is 0 Å². The molecule has 0 aliphatic carbocycles. The highest BCUT2D eigenvalue weighted by atomic mass is 32.1. The number of aryl methyl sites for hydroxylation is 2. The van der Waals surface area contributed by atoms with E-state index < -0.39 is 0 Å². The number of hydrogen-bond acceptors (Lipinski definition) is 4. The van der Waals surface area contributed by atoms with Crippen LogP contribution in [0.5, 0.6) is 0 Å². The van der Waals surface area contributed by atoms with Crippen molar-refractivity contribution in [1.82, 2.24) is 19.7 Å². The van der Waals surface area contributed by atoms with Gasteiger partial charge in [-0.25, -0.2) is 0 Å². The Balaban J connectivity index is 1.84. The van der Waals surface area contributed by atoms with Gasteiger partial charge in [-0.1, -0.05) is 19.9 Å². The number of aromatic amines is 1. The van der Waals surface area contributed by atoms with Gasteiger partial charge in [0.15, 0.2) is 0 Å². The second-order valence-corrected chi connectivity index (χ2v) is 8.25. The number of thiophene rings is 1. The lowest BCUT2D eigenvalue weighted by molar-refractivity contribution is 0.298. The molecule has 0 amide bonds. The average Bonchev–Trinajstić information content (AvgIpc) is 3.33. The highest BCUT2D eigenvalue weighted by Crippen LogP contribution is 2.33. The van der Waals surface area contributed by atoms with Crippen LogP contribution in [0.3, 0.4) is 0 Å². The van der Waals surface area contributed by atoms with Gasteiger partial charge in [-0.3, -0.25) is 14.8 Å². The molecule has 0 saturated heterocycles. The number of hydrogen-bond donors (Lipinski definition) is 1. The van der Waals surface area contributed by atoms with Crippen LogP contribution in [0.2, 0.25) is 0 Å². The van der Waals surface area contributed by atoms with Gasteiger partial charge >= 0.3 is 0 Å². The molecule has 146 valence electrons. The number of aromatic nitrogens is 3. The molecular formula is C22H26N4OS. The molecule has 3 heterocycles. The Morgan fingerprint density at radius 3 is 2.64 bits per heavy atom. The maximum Gasteiger partial charge on any atom is 0.262 e. The minimum atomic E-state index is 0.0293. The summed E-state index contributed by atoms with van der Waals surface area (Å²) in [6.07, 6.45) is 0. The molecule has 4 aromatic rings. The quantitative estimate of drug-likeness (QED) is 0.512. The topological polar surface area (TPSA) is 53.9 Å². The van der Waals surface area contributed by atoms with Crippen LogP contribution in [0, 0.1) is 6.92 Å². The van der Waals surface area contributed by atoms with Crippen molar-refractivity contribution in [1.29, 1.82) is 0 Å². The first-order chi connectivity index (χ1) is 13.6. The highest BCUT2D eigenvalue weighted by molar-refractivity contribution is 7.15. The van der Waals surface area contributed by atoms with E-state index in [2.05, 4.69) is 59.3 Å². The lowest BCUT2D eigenvalue weighted by Gasteiger charge is -2.16. The maximum absolute atomic E-state index is 12.9. The Hall–Kier alpha value is -2.44. The lowest BCUT2D eigenvalue weighted by atomic mass is 10.1.